The Morgan fingerprint density at radius 1 is 1.06 bits per heavy atom. The summed E-state index contributed by atoms with van der Waals surface area (Å²) in [6.07, 6.45) is 4.61. The Morgan fingerprint density at radius 2 is 1.69 bits per heavy atom. The molecule has 2 aliphatic heterocycles. The van der Waals surface area contributed by atoms with Gasteiger partial charge in [-0.25, -0.2) is 4.79 Å². The number of hydrogen-bond donors (Lipinski definition) is 4. The van der Waals surface area contributed by atoms with Gasteiger partial charge in [-0.05, 0) is 39.5 Å². The topological polar surface area (TPSA) is 146 Å². The van der Waals surface area contributed by atoms with E-state index in [1.54, 1.807) is 13.8 Å². The van der Waals surface area contributed by atoms with Crippen LogP contribution < -0.4 is 51.4 Å². The zero-order chi connectivity index (χ0) is 26.0. The van der Waals surface area contributed by atoms with Crippen molar-refractivity contribution >= 4 is 11.9 Å². The van der Waals surface area contributed by atoms with Crippen LogP contribution in [0.4, 0.5) is 0 Å². The number of aliphatic hydroxyl groups excluding tert-OH is 3. The third-order valence-electron chi connectivity index (χ3n) is 7.09. The van der Waals surface area contributed by atoms with Gasteiger partial charge >= 0.3 is 63.3 Å². The summed E-state index contributed by atoms with van der Waals surface area (Å²) in [7, 11) is 0. The summed E-state index contributed by atoms with van der Waals surface area (Å²) in [4.78, 5) is 22.5. The van der Waals surface area contributed by atoms with Gasteiger partial charge in [0, 0.05) is 24.3 Å². The molecule has 0 unspecified atom stereocenters. The van der Waals surface area contributed by atoms with Gasteiger partial charge < -0.3 is 36.1 Å². The number of epoxide rings is 1. The van der Waals surface area contributed by atoms with E-state index < -0.39 is 36.4 Å². The second-order valence-electron chi connectivity index (χ2n) is 10.2. The second kappa shape index (κ2) is 17.7. The quantitative estimate of drug-likeness (QED) is 0.0682. The van der Waals surface area contributed by atoms with Crippen molar-refractivity contribution in [3.8, 4) is 0 Å². The molecular weight excluding hydrogens is 495 g/mol. The number of carbonyl (C=O) groups excluding carboxylic acids is 1. The Labute approximate surface area is 258 Å². The van der Waals surface area contributed by atoms with Crippen LogP contribution in [0, 0.1) is 11.8 Å². The smallest absolute Gasteiger partial charge is 1.00 e. The molecule has 204 valence electrons. The maximum Gasteiger partial charge on any atom is 1.00 e. The van der Waals surface area contributed by atoms with Crippen molar-refractivity contribution in [1.82, 2.24) is 0 Å². The van der Waals surface area contributed by atoms with E-state index >= 15 is 0 Å². The van der Waals surface area contributed by atoms with Crippen LogP contribution in [0.1, 0.15) is 80.0 Å². The van der Waals surface area contributed by atoms with E-state index in [-0.39, 0.29) is 83.3 Å². The fourth-order valence-electron chi connectivity index (χ4n) is 4.59. The summed E-state index contributed by atoms with van der Waals surface area (Å²) < 4.78 is 16.7. The second-order valence-corrected chi connectivity index (χ2v) is 10.2. The number of esters is 1. The molecule has 2 heterocycles. The standard InChI is InChI=1S/C26H44O9.K.H/c1-16(13-23(30)33-11-9-7-5-4-6-8-10-22(28)29)12-20-25(32)24(31)19(15-34-20)14-21-26(35-21)17(2)18(3)27;;/h13,17-21,24-27,31-32H,4-12,14-15H2,1-3H3,(H,28,29);;/q;+1;-1/b16-13+;;/t17-,18-,19-,20-,21-,24+,25-,26-;;/m0../s1. The van der Waals surface area contributed by atoms with E-state index in [4.69, 9.17) is 19.3 Å². The summed E-state index contributed by atoms with van der Waals surface area (Å²) in [6, 6.07) is 0. The molecule has 0 aromatic heterocycles. The zero-order valence-corrected chi connectivity index (χ0v) is 25.4. The molecule has 0 aromatic rings. The van der Waals surface area contributed by atoms with Gasteiger partial charge in [-0.1, -0.05) is 38.2 Å². The molecule has 0 amide bonds. The van der Waals surface area contributed by atoms with Crippen molar-refractivity contribution in [3.05, 3.63) is 11.6 Å². The fraction of sp³-hybridized carbons (Fsp3) is 0.846. The molecule has 0 bridgehead atoms. The Balaban J connectivity index is 0.00000648. The first kappa shape index (κ1) is 34.1. The number of rotatable bonds is 16. The first-order valence-electron chi connectivity index (χ1n) is 13.0. The maximum absolute atomic E-state index is 12.1. The van der Waals surface area contributed by atoms with Crippen molar-refractivity contribution in [1.29, 1.82) is 0 Å². The van der Waals surface area contributed by atoms with Gasteiger partial charge in [-0.15, -0.1) is 0 Å². The van der Waals surface area contributed by atoms with E-state index in [9.17, 15) is 24.9 Å². The van der Waals surface area contributed by atoms with Gasteiger partial charge in [-0.3, -0.25) is 4.79 Å². The molecule has 36 heavy (non-hydrogen) atoms. The molecular formula is C26H45KO9. The van der Waals surface area contributed by atoms with E-state index in [0.29, 0.717) is 38.0 Å². The summed E-state index contributed by atoms with van der Waals surface area (Å²) in [5.74, 6) is -1.42. The third kappa shape index (κ3) is 12.3. The Morgan fingerprint density at radius 3 is 2.33 bits per heavy atom. The molecule has 0 aromatic carbocycles. The minimum absolute atomic E-state index is 0. The molecule has 2 aliphatic rings. The van der Waals surface area contributed by atoms with E-state index in [0.717, 1.165) is 32.1 Å². The van der Waals surface area contributed by atoms with Crippen LogP contribution in [0.3, 0.4) is 0 Å². The van der Waals surface area contributed by atoms with Gasteiger partial charge in [0.25, 0.3) is 0 Å². The van der Waals surface area contributed by atoms with Crippen LogP contribution in [-0.4, -0.2) is 82.2 Å². The van der Waals surface area contributed by atoms with Crippen LogP contribution in [0.5, 0.6) is 0 Å². The molecule has 2 saturated heterocycles. The van der Waals surface area contributed by atoms with Gasteiger partial charge in [-0.2, -0.15) is 0 Å². The van der Waals surface area contributed by atoms with Crippen molar-refractivity contribution < 1.29 is 97.0 Å². The molecule has 10 heteroatoms. The number of unbranched alkanes of at least 4 members (excludes halogenated alkanes) is 5. The molecule has 8 atom stereocenters. The van der Waals surface area contributed by atoms with Gasteiger partial charge in [0.2, 0.25) is 0 Å². The third-order valence-corrected chi connectivity index (χ3v) is 7.09. The fourth-order valence-corrected chi connectivity index (χ4v) is 4.59. The largest absolute Gasteiger partial charge is 1.00 e. The number of aliphatic hydroxyl groups is 3. The number of carbonyl (C=O) groups is 2. The number of ether oxygens (including phenoxy) is 3. The Hall–Kier alpha value is 0.116. The molecule has 9 nitrogen and oxygen atoms in total. The number of aliphatic carboxylic acids is 1. The molecule has 2 fully saturated rings. The summed E-state index contributed by atoms with van der Waals surface area (Å²) >= 11 is 0. The number of carboxylic acid groups (broad SMARTS) is 1. The average molecular weight is 541 g/mol. The summed E-state index contributed by atoms with van der Waals surface area (Å²) in [5.41, 5.74) is 0.708. The van der Waals surface area contributed by atoms with Crippen LogP contribution in [-0.2, 0) is 23.8 Å². The minimum Gasteiger partial charge on any atom is -1.00 e. The first-order chi connectivity index (χ1) is 16.6. The van der Waals surface area contributed by atoms with Crippen LogP contribution >= 0.6 is 0 Å². The molecule has 2 rings (SSSR count). The van der Waals surface area contributed by atoms with Crippen molar-refractivity contribution in [2.75, 3.05) is 13.2 Å². The van der Waals surface area contributed by atoms with Crippen LogP contribution in [0.25, 0.3) is 0 Å². The maximum atomic E-state index is 12.1. The predicted octanol–water partition coefficient (Wildman–Crippen LogP) is -0.291. The summed E-state index contributed by atoms with van der Waals surface area (Å²) in [6.45, 7) is 6.07. The van der Waals surface area contributed by atoms with E-state index in [1.165, 1.54) is 6.08 Å². The Kier molecular flexibility index (Phi) is 16.7. The normalized spacial score (nSPS) is 29.7. The summed E-state index contributed by atoms with van der Waals surface area (Å²) in [5, 5.41) is 39.5. The van der Waals surface area contributed by atoms with Gasteiger partial charge in [0.05, 0.1) is 43.7 Å². The van der Waals surface area contributed by atoms with E-state index in [1.807, 2.05) is 6.92 Å². The number of hydrogen-bond acceptors (Lipinski definition) is 8. The average Bonchev–Trinajstić information content (AvgIpc) is 3.55. The first-order valence-corrected chi connectivity index (χ1v) is 13.0. The van der Waals surface area contributed by atoms with Crippen LogP contribution in [0.15, 0.2) is 11.6 Å². The zero-order valence-electron chi connectivity index (χ0n) is 23.3. The molecule has 0 radical (unpaired) electrons. The van der Waals surface area contributed by atoms with Crippen LogP contribution in [0.2, 0.25) is 0 Å². The van der Waals surface area contributed by atoms with Crippen molar-refractivity contribution in [2.24, 2.45) is 11.8 Å². The molecule has 0 aliphatic carbocycles. The SMILES string of the molecule is C/C(=C\C(=O)OCCCCCCCCC(=O)O)C[C@@H]1OC[C@H](C[C@@H]2O[C@H]2[C@@H](C)[C@H](C)O)[C@@H](O)[C@H]1O.[H-].[K+]. The van der Waals surface area contributed by atoms with Crippen molar-refractivity contribution in [3.63, 3.8) is 0 Å². The van der Waals surface area contributed by atoms with E-state index in [2.05, 4.69) is 0 Å². The van der Waals surface area contributed by atoms with Gasteiger partial charge in [0.15, 0.2) is 0 Å². The number of carboxylic acids is 1. The Bertz CT molecular complexity index is 706. The molecule has 4 N–H and O–H groups in total. The minimum atomic E-state index is -1.06. The monoisotopic (exact) mass is 540 g/mol. The predicted molar refractivity (Wildman–Crippen MR) is 130 cm³/mol. The van der Waals surface area contributed by atoms with Crippen molar-refractivity contribution in [2.45, 2.75) is 115 Å². The molecule has 0 spiro atoms. The molecule has 0 saturated carbocycles. The van der Waals surface area contributed by atoms with Gasteiger partial charge in [0.1, 0.15) is 6.10 Å².